The Kier molecular flexibility index (Phi) is 6.91. The van der Waals surface area contributed by atoms with E-state index in [4.69, 9.17) is 4.74 Å². The molecule has 112 valence electrons. The largest absolute Gasteiger partial charge is 0.489 e. The van der Waals surface area contributed by atoms with Crippen LogP contribution in [-0.2, 0) is 4.79 Å². The molecule has 0 aliphatic carbocycles. The second-order valence-corrected chi connectivity index (χ2v) is 5.55. The molecule has 0 aliphatic heterocycles. The molecule has 0 radical (unpaired) electrons. The van der Waals surface area contributed by atoms with E-state index in [0.29, 0.717) is 5.92 Å². The number of hydrogen-bond acceptors (Lipinski definition) is 3. The van der Waals surface area contributed by atoms with E-state index in [1.165, 1.54) is 0 Å². The molecule has 0 spiro atoms. The zero-order chi connectivity index (χ0) is 15.0. The van der Waals surface area contributed by atoms with Crippen LogP contribution in [0, 0.1) is 5.92 Å². The second kappa shape index (κ2) is 8.46. The summed E-state index contributed by atoms with van der Waals surface area (Å²) in [6.45, 7) is 9.23. The maximum atomic E-state index is 11.7. The first kappa shape index (κ1) is 16.3. The average Bonchev–Trinajstić information content (AvgIpc) is 2.36. The van der Waals surface area contributed by atoms with Gasteiger partial charge in [-0.3, -0.25) is 4.79 Å². The maximum Gasteiger partial charge on any atom is 0.239 e. The minimum absolute atomic E-state index is 0.00463. The van der Waals surface area contributed by atoms with E-state index in [1.807, 2.05) is 38.1 Å². The Morgan fingerprint density at radius 2 is 1.90 bits per heavy atom. The van der Waals surface area contributed by atoms with Crippen molar-refractivity contribution in [2.75, 3.05) is 18.4 Å². The molecule has 0 heterocycles. The minimum atomic E-state index is 0.00463. The number of carbonyl (C=O) groups is 1. The van der Waals surface area contributed by atoms with Crippen LogP contribution >= 0.6 is 0 Å². The molecule has 4 heteroatoms. The molecule has 2 N–H and O–H groups in total. The lowest BCUT2D eigenvalue weighted by atomic mass is 10.1. The summed E-state index contributed by atoms with van der Waals surface area (Å²) >= 11 is 0. The molecule has 0 aliphatic rings. The number of para-hydroxylation sites is 2. The van der Waals surface area contributed by atoms with Gasteiger partial charge in [-0.1, -0.05) is 26.0 Å². The van der Waals surface area contributed by atoms with Crippen LogP contribution in [0.1, 0.15) is 34.1 Å². The molecule has 0 aromatic heterocycles. The van der Waals surface area contributed by atoms with E-state index in [1.54, 1.807) is 0 Å². The number of rotatable bonds is 8. The predicted octanol–water partition coefficient (Wildman–Crippen LogP) is 3.05. The normalized spacial score (nSPS) is 10.7. The first-order valence-electron chi connectivity index (χ1n) is 7.25. The molecule has 0 bridgehead atoms. The fourth-order valence-corrected chi connectivity index (χ4v) is 1.71. The highest BCUT2D eigenvalue weighted by Crippen LogP contribution is 2.24. The van der Waals surface area contributed by atoms with Gasteiger partial charge in [0.2, 0.25) is 5.91 Å². The van der Waals surface area contributed by atoms with Crippen LogP contribution in [0.4, 0.5) is 5.69 Å². The summed E-state index contributed by atoms with van der Waals surface area (Å²) in [7, 11) is 0. The molecule has 20 heavy (non-hydrogen) atoms. The van der Waals surface area contributed by atoms with E-state index in [0.717, 1.165) is 24.4 Å². The summed E-state index contributed by atoms with van der Waals surface area (Å²) < 4.78 is 5.70. The Balaban J connectivity index is 2.42. The maximum absolute atomic E-state index is 11.7. The van der Waals surface area contributed by atoms with Crippen molar-refractivity contribution in [1.29, 1.82) is 0 Å². The molecule has 0 atom stereocenters. The second-order valence-electron chi connectivity index (χ2n) is 5.55. The van der Waals surface area contributed by atoms with Crippen LogP contribution < -0.4 is 15.4 Å². The van der Waals surface area contributed by atoms with Crippen LogP contribution in [0.5, 0.6) is 5.75 Å². The van der Waals surface area contributed by atoms with Crippen molar-refractivity contribution in [3.05, 3.63) is 24.3 Å². The molecule has 0 saturated carbocycles. The molecule has 0 fully saturated rings. The highest BCUT2D eigenvalue weighted by molar-refractivity contribution is 5.81. The van der Waals surface area contributed by atoms with Gasteiger partial charge in [-0.25, -0.2) is 0 Å². The van der Waals surface area contributed by atoms with Crippen LogP contribution in [0.3, 0.4) is 0 Å². The smallest absolute Gasteiger partial charge is 0.239 e. The van der Waals surface area contributed by atoms with Crippen LogP contribution in [-0.4, -0.2) is 25.1 Å². The number of benzene rings is 1. The van der Waals surface area contributed by atoms with E-state index in [2.05, 4.69) is 24.5 Å². The van der Waals surface area contributed by atoms with Gasteiger partial charge in [0.1, 0.15) is 5.75 Å². The Bertz CT molecular complexity index is 417. The van der Waals surface area contributed by atoms with Gasteiger partial charge in [0.25, 0.3) is 0 Å². The predicted molar refractivity (Wildman–Crippen MR) is 83.2 cm³/mol. The van der Waals surface area contributed by atoms with Gasteiger partial charge < -0.3 is 15.4 Å². The summed E-state index contributed by atoms with van der Waals surface area (Å²) in [6.07, 6.45) is 1.11. The van der Waals surface area contributed by atoms with Crippen molar-refractivity contribution in [1.82, 2.24) is 5.32 Å². The third-order valence-electron chi connectivity index (χ3n) is 2.73. The van der Waals surface area contributed by atoms with E-state index in [9.17, 15) is 4.79 Å². The van der Waals surface area contributed by atoms with Gasteiger partial charge in [0.05, 0.1) is 18.3 Å². The molecule has 0 unspecified atom stereocenters. The van der Waals surface area contributed by atoms with Crippen LogP contribution in [0.15, 0.2) is 24.3 Å². The lowest BCUT2D eigenvalue weighted by molar-refractivity contribution is -0.119. The summed E-state index contributed by atoms with van der Waals surface area (Å²) in [5.74, 6) is 1.38. The molecule has 0 saturated heterocycles. The molecule has 1 aromatic carbocycles. The van der Waals surface area contributed by atoms with Crippen LogP contribution in [0.2, 0.25) is 0 Å². The van der Waals surface area contributed by atoms with Crippen molar-refractivity contribution in [3.63, 3.8) is 0 Å². The SMILES string of the molecule is CC(C)CCNC(=O)CNc1ccccc1OC(C)C. The monoisotopic (exact) mass is 278 g/mol. The fourth-order valence-electron chi connectivity index (χ4n) is 1.71. The third kappa shape index (κ3) is 6.45. The first-order chi connectivity index (χ1) is 9.49. The molecular weight excluding hydrogens is 252 g/mol. The first-order valence-corrected chi connectivity index (χ1v) is 7.25. The van der Waals surface area contributed by atoms with Gasteiger partial charge in [-0.05, 0) is 38.3 Å². The highest BCUT2D eigenvalue weighted by atomic mass is 16.5. The Morgan fingerprint density at radius 1 is 1.20 bits per heavy atom. The number of ether oxygens (including phenoxy) is 1. The number of hydrogen-bond donors (Lipinski definition) is 2. The van der Waals surface area contributed by atoms with Gasteiger partial charge in [0.15, 0.2) is 0 Å². The number of carbonyl (C=O) groups excluding carboxylic acids is 1. The van der Waals surface area contributed by atoms with E-state index in [-0.39, 0.29) is 18.6 Å². The summed E-state index contributed by atoms with van der Waals surface area (Å²) in [5, 5.41) is 6.02. The molecule has 4 nitrogen and oxygen atoms in total. The van der Waals surface area contributed by atoms with Crippen molar-refractivity contribution in [3.8, 4) is 5.75 Å². The summed E-state index contributed by atoms with van der Waals surface area (Å²) in [5.41, 5.74) is 0.847. The van der Waals surface area contributed by atoms with E-state index < -0.39 is 0 Å². The lowest BCUT2D eigenvalue weighted by Gasteiger charge is -2.15. The quantitative estimate of drug-likeness (QED) is 0.768. The van der Waals surface area contributed by atoms with Gasteiger partial charge in [-0.2, -0.15) is 0 Å². The molecule has 1 rings (SSSR count). The zero-order valence-electron chi connectivity index (χ0n) is 12.9. The van der Waals surface area contributed by atoms with Gasteiger partial charge in [-0.15, -0.1) is 0 Å². The summed E-state index contributed by atoms with van der Waals surface area (Å²) in [6, 6.07) is 7.66. The minimum Gasteiger partial charge on any atom is -0.489 e. The zero-order valence-corrected chi connectivity index (χ0v) is 12.9. The Labute approximate surface area is 121 Å². The van der Waals surface area contributed by atoms with Crippen molar-refractivity contribution < 1.29 is 9.53 Å². The fraction of sp³-hybridized carbons (Fsp3) is 0.562. The van der Waals surface area contributed by atoms with Gasteiger partial charge in [0, 0.05) is 6.54 Å². The topological polar surface area (TPSA) is 50.4 Å². The Hall–Kier alpha value is -1.71. The molecule has 1 amide bonds. The number of nitrogens with one attached hydrogen (secondary N) is 2. The molecular formula is C16H26N2O2. The number of amides is 1. The lowest BCUT2D eigenvalue weighted by Crippen LogP contribution is -2.31. The van der Waals surface area contributed by atoms with Crippen LogP contribution in [0.25, 0.3) is 0 Å². The van der Waals surface area contributed by atoms with Gasteiger partial charge >= 0.3 is 0 Å². The highest BCUT2D eigenvalue weighted by Gasteiger charge is 2.06. The molecule has 1 aromatic rings. The standard InChI is InChI=1S/C16H26N2O2/c1-12(2)9-10-17-16(19)11-18-14-7-5-6-8-15(14)20-13(3)4/h5-8,12-13,18H,9-11H2,1-4H3,(H,17,19). The Morgan fingerprint density at radius 3 is 2.55 bits per heavy atom. The summed E-state index contributed by atoms with van der Waals surface area (Å²) in [4.78, 5) is 11.7. The third-order valence-corrected chi connectivity index (χ3v) is 2.73. The van der Waals surface area contributed by atoms with Crippen molar-refractivity contribution in [2.24, 2.45) is 5.92 Å². The number of anilines is 1. The van der Waals surface area contributed by atoms with E-state index >= 15 is 0 Å². The average molecular weight is 278 g/mol. The van der Waals surface area contributed by atoms with Crippen molar-refractivity contribution >= 4 is 11.6 Å². The van der Waals surface area contributed by atoms with Crippen molar-refractivity contribution in [2.45, 2.75) is 40.2 Å².